The maximum Gasteiger partial charge on any atom is 0.422 e. The van der Waals surface area contributed by atoms with Gasteiger partial charge in [-0.05, 0) is 62.1 Å². The maximum absolute atomic E-state index is 12.7. The molecule has 1 aromatic rings. The fourth-order valence-electron chi connectivity index (χ4n) is 3.40. The molecule has 1 atom stereocenters. The highest BCUT2D eigenvalue weighted by Crippen LogP contribution is 2.45. The van der Waals surface area contributed by atoms with Crippen LogP contribution >= 0.6 is 0 Å². The normalized spacial score (nSPS) is 19.3. The SMILES string of the molecule is C[C@@](CC(N)=O)(NC(=O)c1ccc(C2CC2)c(OCC(F)(F)F)c1)C1CC1. The number of ether oxygens (including phenoxy) is 1. The lowest BCUT2D eigenvalue weighted by Gasteiger charge is -2.30. The Morgan fingerprint density at radius 1 is 1.22 bits per heavy atom. The third-order valence-electron chi connectivity index (χ3n) is 5.10. The molecular weight excluding hydrogens is 361 g/mol. The number of halogens is 3. The van der Waals surface area contributed by atoms with E-state index >= 15 is 0 Å². The molecule has 5 nitrogen and oxygen atoms in total. The van der Waals surface area contributed by atoms with Gasteiger partial charge in [0.15, 0.2) is 6.61 Å². The molecule has 2 aliphatic rings. The van der Waals surface area contributed by atoms with Crippen LogP contribution in [0.3, 0.4) is 0 Å². The van der Waals surface area contributed by atoms with Gasteiger partial charge in [-0.15, -0.1) is 0 Å². The topological polar surface area (TPSA) is 81.4 Å². The van der Waals surface area contributed by atoms with Crippen molar-refractivity contribution in [2.24, 2.45) is 11.7 Å². The molecule has 148 valence electrons. The first-order valence-electron chi connectivity index (χ1n) is 9.02. The fourth-order valence-corrected chi connectivity index (χ4v) is 3.40. The van der Waals surface area contributed by atoms with Crippen molar-refractivity contribution in [1.82, 2.24) is 5.32 Å². The average Bonchev–Trinajstić information content (AvgIpc) is 3.44. The van der Waals surface area contributed by atoms with Crippen molar-refractivity contribution >= 4 is 11.8 Å². The molecule has 1 aromatic carbocycles. The highest BCUT2D eigenvalue weighted by molar-refractivity contribution is 5.95. The van der Waals surface area contributed by atoms with E-state index in [1.165, 1.54) is 6.07 Å². The Labute approximate surface area is 155 Å². The minimum atomic E-state index is -4.45. The summed E-state index contributed by atoms with van der Waals surface area (Å²) >= 11 is 0. The third kappa shape index (κ3) is 5.14. The van der Waals surface area contributed by atoms with Crippen LogP contribution in [0.15, 0.2) is 18.2 Å². The maximum atomic E-state index is 12.7. The highest BCUT2D eigenvalue weighted by atomic mass is 19.4. The molecule has 2 aliphatic carbocycles. The van der Waals surface area contributed by atoms with Crippen molar-refractivity contribution in [3.8, 4) is 5.75 Å². The Kier molecular flexibility index (Phi) is 5.10. The Morgan fingerprint density at radius 3 is 2.41 bits per heavy atom. The van der Waals surface area contributed by atoms with E-state index in [2.05, 4.69) is 5.32 Å². The van der Waals surface area contributed by atoms with E-state index in [9.17, 15) is 22.8 Å². The lowest BCUT2D eigenvalue weighted by atomic mass is 9.90. The summed E-state index contributed by atoms with van der Waals surface area (Å²) in [6, 6.07) is 4.59. The van der Waals surface area contributed by atoms with Crippen LogP contribution in [0.1, 0.15) is 60.9 Å². The molecule has 2 saturated carbocycles. The van der Waals surface area contributed by atoms with Gasteiger partial charge in [-0.25, -0.2) is 0 Å². The Morgan fingerprint density at radius 2 is 1.89 bits per heavy atom. The predicted molar refractivity (Wildman–Crippen MR) is 92.4 cm³/mol. The summed E-state index contributed by atoms with van der Waals surface area (Å²) in [6.45, 7) is 0.367. The number of alkyl halides is 3. The zero-order valence-electron chi connectivity index (χ0n) is 15.1. The lowest BCUT2D eigenvalue weighted by molar-refractivity contribution is -0.153. The van der Waals surface area contributed by atoms with E-state index in [4.69, 9.17) is 10.5 Å². The van der Waals surface area contributed by atoms with Crippen LogP contribution in [-0.2, 0) is 4.79 Å². The van der Waals surface area contributed by atoms with Gasteiger partial charge in [0.2, 0.25) is 5.91 Å². The first-order valence-corrected chi connectivity index (χ1v) is 9.02. The molecule has 0 spiro atoms. The molecule has 27 heavy (non-hydrogen) atoms. The lowest BCUT2D eigenvalue weighted by Crippen LogP contribution is -2.50. The summed E-state index contributed by atoms with van der Waals surface area (Å²) < 4.78 is 42.6. The first kappa shape index (κ1) is 19.5. The Bertz CT molecular complexity index is 742. The van der Waals surface area contributed by atoms with Gasteiger partial charge in [0, 0.05) is 17.5 Å². The molecule has 0 unspecified atom stereocenters. The van der Waals surface area contributed by atoms with Gasteiger partial charge in [0.1, 0.15) is 5.75 Å². The number of primary amides is 1. The molecule has 0 bridgehead atoms. The molecule has 0 heterocycles. The largest absolute Gasteiger partial charge is 0.484 e. The van der Waals surface area contributed by atoms with Gasteiger partial charge >= 0.3 is 6.18 Å². The molecule has 3 rings (SSSR count). The molecule has 2 fully saturated rings. The Hall–Kier alpha value is -2.25. The number of hydrogen-bond acceptors (Lipinski definition) is 3. The summed E-state index contributed by atoms with van der Waals surface area (Å²) in [7, 11) is 0. The van der Waals surface area contributed by atoms with Crippen LogP contribution in [0, 0.1) is 5.92 Å². The van der Waals surface area contributed by atoms with Crippen molar-refractivity contribution in [3.05, 3.63) is 29.3 Å². The van der Waals surface area contributed by atoms with E-state index in [-0.39, 0.29) is 29.6 Å². The number of hydrogen-bond donors (Lipinski definition) is 2. The van der Waals surface area contributed by atoms with Gasteiger partial charge in [0.25, 0.3) is 5.91 Å². The number of nitrogens with two attached hydrogens (primary N) is 1. The number of carbonyl (C=O) groups is 2. The van der Waals surface area contributed by atoms with Crippen LogP contribution in [0.4, 0.5) is 13.2 Å². The van der Waals surface area contributed by atoms with Crippen LogP contribution in [0.2, 0.25) is 0 Å². The quantitative estimate of drug-likeness (QED) is 0.722. The van der Waals surface area contributed by atoms with E-state index < -0.39 is 30.1 Å². The number of carbonyl (C=O) groups excluding carboxylic acids is 2. The molecule has 2 amide bonds. The van der Waals surface area contributed by atoms with E-state index in [1.54, 1.807) is 19.1 Å². The zero-order valence-corrected chi connectivity index (χ0v) is 15.1. The minimum absolute atomic E-state index is 0.0149. The summed E-state index contributed by atoms with van der Waals surface area (Å²) in [5.41, 5.74) is 5.44. The first-order chi connectivity index (χ1) is 12.6. The van der Waals surface area contributed by atoms with Crippen LogP contribution in [0.25, 0.3) is 0 Å². The third-order valence-corrected chi connectivity index (χ3v) is 5.10. The van der Waals surface area contributed by atoms with Crippen LogP contribution in [0.5, 0.6) is 5.75 Å². The fraction of sp³-hybridized carbons (Fsp3) is 0.579. The van der Waals surface area contributed by atoms with Gasteiger partial charge in [-0.2, -0.15) is 13.2 Å². The van der Waals surface area contributed by atoms with Gasteiger partial charge in [-0.3, -0.25) is 9.59 Å². The summed E-state index contributed by atoms with van der Waals surface area (Å²) in [4.78, 5) is 24.1. The monoisotopic (exact) mass is 384 g/mol. The second-order valence-electron chi connectivity index (χ2n) is 7.72. The molecule has 0 aromatic heterocycles. The zero-order chi connectivity index (χ0) is 19.8. The summed E-state index contributed by atoms with van der Waals surface area (Å²) in [6.07, 6.45) is -0.861. The molecule has 8 heteroatoms. The van der Waals surface area contributed by atoms with Crippen molar-refractivity contribution in [2.45, 2.75) is 56.7 Å². The average molecular weight is 384 g/mol. The number of nitrogens with one attached hydrogen (secondary N) is 1. The minimum Gasteiger partial charge on any atom is -0.484 e. The second-order valence-corrected chi connectivity index (χ2v) is 7.72. The molecular formula is C19H23F3N2O3. The summed E-state index contributed by atoms with van der Waals surface area (Å²) in [5, 5.41) is 2.85. The van der Waals surface area contributed by atoms with Crippen molar-refractivity contribution in [2.75, 3.05) is 6.61 Å². The van der Waals surface area contributed by atoms with Gasteiger partial charge in [-0.1, -0.05) is 6.07 Å². The standard InChI is InChI=1S/C19H23F3N2O3/c1-18(9-16(23)25,13-5-6-13)24-17(26)12-4-7-14(11-2-3-11)15(8-12)27-10-19(20,21)22/h4,7-8,11,13H,2-3,5-6,9-10H2,1H3,(H2,23,25)(H,24,26)/t18-/m0/s1. The van der Waals surface area contributed by atoms with E-state index in [1.807, 2.05) is 0 Å². The van der Waals surface area contributed by atoms with Crippen molar-refractivity contribution < 1.29 is 27.5 Å². The Balaban J connectivity index is 1.78. The van der Waals surface area contributed by atoms with Gasteiger partial charge in [0.05, 0.1) is 0 Å². The molecule has 0 radical (unpaired) electrons. The van der Waals surface area contributed by atoms with Crippen molar-refractivity contribution in [1.29, 1.82) is 0 Å². The molecule has 0 saturated heterocycles. The van der Waals surface area contributed by atoms with Crippen molar-refractivity contribution in [3.63, 3.8) is 0 Å². The van der Waals surface area contributed by atoms with E-state index in [0.717, 1.165) is 25.7 Å². The molecule has 3 N–H and O–H groups in total. The number of rotatable bonds is 8. The smallest absolute Gasteiger partial charge is 0.422 e. The summed E-state index contributed by atoms with van der Waals surface area (Å²) in [5.74, 6) is -0.532. The second kappa shape index (κ2) is 7.05. The van der Waals surface area contributed by atoms with Crippen LogP contribution in [-0.4, -0.2) is 30.1 Å². The predicted octanol–water partition coefficient (Wildman–Crippen LogP) is 3.28. The van der Waals surface area contributed by atoms with Crippen LogP contribution < -0.4 is 15.8 Å². The van der Waals surface area contributed by atoms with Gasteiger partial charge < -0.3 is 15.8 Å². The van der Waals surface area contributed by atoms with E-state index in [0.29, 0.717) is 5.56 Å². The number of benzene rings is 1. The number of amides is 2. The highest BCUT2D eigenvalue weighted by Gasteiger charge is 2.43. The molecule has 0 aliphatic heterocycles.